The van der Waals surface area contributed by atoms with Crippen LogP contribution in [0, 0.1) is 0 Å². The molecule has 0 aliphatic carbocycles. The van der Waals surface area contributed by atoms with E-state index in [1.807, 2.05) is 12.1 Å². The lowest BCUT2D eigenvalue weighted by atomic mass is 10.1. The van der Waals surface area contributed by atoms with E-state index in [4.69, 9.17) is 8.54 Å². The Kier molecular flexibility index (Phi) is 8.93. The van der Waals surface area contributed by atoms with Gasteiger partial charge in [-0.1, -0.05) is 25.0 Å². The molecule has 0 spiro atoms. The SMILES string of the molecule is CN(C(=O)CC(F)(F)F)c1cccc(CCCC[Si]2(C)CCCCO[SiH](C)O2)c1. The lowest BCUT2D eigenvalue weighted by Crippen LogP contribution is -2.42. The molecule has 2 atom stereocenters. The van der Waals surface area contributed by atoms with Crippen LogP contribution < -0.4 is 4.90 Å². The minimum absolute atomic E-state index is 0.499. The molecule has 1 saturated heterocycles. The van der Waals surface area contributed by atoms with Crippen molar-refractivity contribution < 1.29 is 26.5 Å². The molecule has 1 amide bonds. The highest BCUT2D eigenvalue weighted by atomic mass is 28.4. The highest BCUT2D eigenvalue weighted by molar-refractivity contribution is 6.78. The van der Waals surface area contributed by atoms with Crippen LogP contribution in [0.1, 0.15) is 37.7 Å². The third kappa shape index (κ3) is 8.61. The normalized spacial score (nSPS) is 23.3. The van der Waals surface area contributed by atoms with Crippen LogP contribution >= 0.6 is 0 Å². The molecular formula is C20H32F3NO3Si2. The second-order valence-corrected chi connectivity index (χ2v) is 14.4. The van der Waals surface area contributed by atoms with Crippen LogP contribution in [0.2, 0.25) is 25.2 Å². The minimum atomic E-state index is -4.49. The van der Waals surface area contributed by atoms with Gasteiger partial charge in [0.1, 0.15) is 6.42 Å². The number of benzene rings is 1. The van der Waals surface area contributed by atoms with Gasteiger partial charge in [0.15, 0.2) is 8.32 Å². The predicted octanol–water partition coefficient (Wildman–Crippen LogP) is 5.18. The molecular weight excluding hydrogens is 415 g/mol. The maximum Gasteiger partial charge on any atom is 0.397 e. The number of aryl methyl sites for hydroxylation is 1. The molecule has 1 aromatic rings. The van der Waals surface area contributed by atoms with Crippen molar-refractivity contribution in [2.45, 2.75) is 69.9 Å². The van der Waals surface area contributed by atoms with Gasteiger partial charge >= 0.3 is 15.5 Å². The number of nitrogens with zero attached hydrogens (tertiary/aromatic N) is 1. The average Bonchev–Trinajstić information content (AvgIpc) is 2.62. The largest absolute Gasteiger partial charge is 0.438 e. The molecule has 0 aromatic heterocycles. The molecule has 0 saturated carbocycles. The summed E-state index contributed by atoms with van der Waals surface area (Å²) in [6, 6.07) is 9.52. The van der Waals surface area contributed by atoms with E-state index in [1.54, 1.807) is 12.1 Å². The fourth-order valence-electron chi connectivity index (χ4n) is 3.71. The summed E-state index contributed by atoms with van der Waals surface area (Å²) in [4.78, 5) is 12.9. The summed E-state index contributed by atoms with van der Waals surface area (Å²) in [6.07, 6.45) is -0.747. The topological polar surface area (TPSA) is 38.8 Å². The number of unbranched alkanes of at least 4 members (excludes halogenated alkanes) is 1. The van der Waals surface area contributed by atoms with Crippen molar-refractivity contribution in [3.05, 3.63) is 29.8 Å². The molecule has 29 heavy (non-hydrogen) atoms. The highest BCUT2D eigenvalue weighted by Gasteiger charge is 2.33. The fourth-order valence-corrected chi connectivity index (χ4v) is 10.9. The Balaban J connectivity index is 1.85. The van der Waals surface area contributed by atoms with Crippen molar-refractivity contribution in [2.75, 3.05) is 18.6 Å². The molecule has 0 N–H and O–H groups in total. The lowest BCUT2D eigenvalue weighted by molar-refractivity contribution is -0.151. The first-order chi connectivity index (χ1) is 13.6. The zero-order valence-electron chi connectivity index (χ0n) is 17.6. The van der Waals surface area contributed by atoms with Crippen molar-refractivity contribution in [2.24, 2.45) is 0 Å². The van der Waals surface area contributed by atoms with Gasteiger partial charge < -0.3 is 13.4 Å². The van der Waals surface area contributed by atoms with Crippen molar-refractivity contribution in [3.63, 3.8) is 0 Å². The molecule has 164 valence electrons. The van der Waals surface area contributed by atoms with Crippen LogP contribution in [-0.2, 0) is 19.8 Å². The number of carbonyl (C=O) groups is 1. The van der Waals surface area contributed by atoms with Crippen molar-refractivity contribution in [1.82, 2.24) is 0 Å². The summed E-state index contributed by atoms with van der Waals surface area (Å²) in [7, 11) is -1.83. The first kappa shape index (κ1) is 24.1. The highest BCUT2D eigenvalue weighted by Crippen LogP contribution is 2.27. The van der Waals surface area contributed by atoms with Gasteiger partial charge in [-0.15, -0.1) is 0 Å². The van der Waals surface area contributed by atoms with Gasteiger partial charge in [0.2, 0.25) is 5.91 Å². The number of amides is 1. The Morgan fingerprint density at radius 2 is 2.03 bits per heavy atom. The molecule has 0 radical (unpaired) electrons. The molecule has 1 aliphatic rings. The summed E-state index contributed by atoms with van der Waals surface area (Å²) >= 11 is 0. The Morgan fingerprint density at radius 1 is 1.28 bits per heavy atom. The van der Waals surface area contributed by atoms with Gasteiger partial charge in [-0.3, -0.25) is 4.79 Å². The second kappa shape index (κ2) is 10.7. The van der Waals surface area contributed by atoms with Gasteiger partial charge in [-0.25, -0.2) is 0 Å². The van der Waals surface area contributed by atoms with E-state index in [-0.39, 0.29) is 0 Å². The molecule has 0 bridgehead atoms. The lowest BCUT2D eigenvalue weighted by Gasteiger charge is -2.33. The minimum Gasteiger partial charge on any atom is -0.438 e. The van der Waals surface area contributed by atoms with Crippen molar-refractivity contribution in [1.29, 1.82) is 0 Å². The second-order valence-electron chi connectivity index (χ2n) is 8.09. The third-order valence-electron chi connectivity index (χ3n) is 5.35. The number of alkyl halides is 3. The van der Waals surface area contributed by atoms with Crippen LogP contribution in [0.3, 0.4) is 0 Å². The first-order valence-electron chi connectivity index (χ1n) is 10.3. The number of hydrogen-bond donors (Lipinski definition) is 0. The number of hydrogen-bond acceptors (Lipinski definition) is 3. The third-order valence-corrected chi connectivity index (χ3v) is 12.5. The number of anilines is 1. The summed E-state index contributed by atoms with van der Waals surface area (Å²) in [5.41, 5.74) is 1.53. The van der Waals surface area contributed by atoms with Gasteiger partial charge in [-0.05, 0) is 62.1 Å². The smallest absolute Gasteiger partial charge is 0.397 e. The Morgan fingerprint density at radius 3 is 2.76 bits per heavy atom. The molecule has 4 nitrogen and oxygen atoms in total. The van der Waals surface area contributed by atoms with E-state index < -0.39 is 36.1 Å². The molecule has 1 heterocycles. The molecule has 2 rings (SSSR count). The fraction of sp³-hybridized carbons (Fsp3) is 0.650. The van der Waals surface area contributed by atoms with Gasteiger partial charge in [0.25, 0.3) is 0 Å². The monoisotopic (exact) mass is 447 g/mol. The van der Waals surface area contributed by atoms with Gasteiger partial charge in [0.05, 0.1) is 0 Å². The van der Waals surface area contributed by atoms with Crippen LogP contribution in [-0.4, -0.2) is 43.3 Å². The maximum absolute atomic E-state index is 12.5. The zero-order valence-corrected chi connectivity index (χ0v) is 19.7. The molecule has 2 unspecified atom stereocenters. The van der Waals surface area contributed by atoms with Crippen molar-refractivity contribution >= 4 is 29.2 Å². The summed E-state index contributed by atoms with van der Waals surface area (Å²) < 4.78 is 49.5. The summed E-state index contributed by atoms with van der Waals surface area (Å²) in [5, 5.41) is 0. The summed E-state index contributed by atoms with van der Waals surface area (Å²) in [6.45, 7) is 5.25. The van der Waals surface area contributed by atoms with Crippen molar-refractivity contribution in [3.8, 4) is 0 Å². The first-order valence-corrected chi connectivity index (χ1v) is 15.2. The average molecular weight is 448 g/mol. The number of carbonyl (C=O) groups excluding carboxylic acids is 1. The van der Waals surface area contributed by atoms with Crippen LogP contribution in [0.5, 0.6) is 0 Å². The van der Waals surface area contributed by atoms with Gasteiger partial charge in [-0.2, -0.15) is 13.2 Å². The Bertz CT molecular complexity index is 675. The van der Waals surface area contributed by atoms with Crippen LogP contribution in [0.25, 0.3) is 0 Å². The molecule has 1 aromatic carbocycles. The predicted molar refractivity (Wildman–Crippen MR) is 114 cm³/mol. The van der Waals surface area contributed by atoms with E-state index in [1.165, 1.54) is 19.5 Å². The van der Waals surface area contributed by atoms with E-state index >= 15 is 0 Å². The molecule has 9 heteroatoms. The Hall–Kier alpha value is -1.17. The zero-order chi connectivity index (χ0) is 21.5. The van der Waals surface area contributed by atoms with E-state index in [2.05, 4.69) is 13.1 Å². The molecule has 1 aliphatic heterocycles. The van der Waals surface area contributed by atoms with Gasteiger partial charge in [0, 0.05) is 19.3 Å². The molecule has 1 fully saturated rings. The number of rotatable bonds is 7. The Labute approximate surface area is 174 Å². The summed E-state index contributed by atoms with van der Waals surface area (Å²) in [5.74, 6) is -0.949. The maximum atomic E-state index is 12.5. The van der Waals surface area contributed by atoms with Crippen LogP contribution in [0.15, 0.2) is 24.3 Å². The quantitative estimate of drug-likeness (QED) is 0.427. The van der Waals surface area contributed by atoms with E-state index in [9.17, 15) is 18.0 Å². The standard InChI is InChI=1S/C20H32F3NO3Si2/c1-24(19(25)16-20(21,22)23)18-11-8-10-17(15-18)9-4-6-13-29(3)14-7-5-12-26-28(2)27-29/h8,10-11,15,28H,4-7,9,12-14,16H2,1-3H3. The number of halogens is 3. The van der Waals surface area contributed by atoms with E-state index in [0.29, 0.717) is 5.69 Å². The van der Waals surface area contributed by atoms with Crippen LogP contribution in [0.4, 0.5) is 18.9 Å². The van der Waals surface area contributed by atoms with E-state index in [0.717, 1.165) is 48.8 Å².